The third kappa shape index (κ3) is 2.67. The van der Waals surface area contributed by atoms with Gasteiger partial charge in [-0.2, -0.15) is 0 Å². The first-order valence-corrected chi connectivity index (χ1v) is 10.9. The molecule has 4 aliphatic rings. The second-order valence-corrected chi connectivity index (χ2v) is 10.1. The molecule has 0 aromatic heterocycles. The Hall–Kier alpha value is -0.570. The summed E-state index contributed by atoms with van der Waals surface area (Å²) in [7, 11) is -0.548. The topological polar surface area (TPSA) is 52.6 Å². The van der Waals surface area contributed by atoms with Crippen molar-refractivity contribution in [1.82, 2.24) is 0 Å². The molecule has 0 aliphatic heterocycles. The molecule has 5 heteroatoms. The molecular formula is C20H30O4P+. The van der Waals surface area contributed by atoms with E-state index in [-0.39, 0.29) is 16.9 Å². The molecule has 0 N–H and O–H groups in total. The van der Waals surface area contributed by atoms with Crippen LogP contribution in [0, 0.1) is 28.6 Å². The van der Waals surface area contributed by atoms with Gasteiger partial charge in [-0.25, -0.2) is 0 Å². The molecule has 0 saturated heterocycles. The fraction of sp³-hybridized carbons (Fsp3) is 0.850. The molecule has 0 aromatic carbocycles. The lowest BCUT2D eigenvalue weighted by Gasteiger charge is -2.57. The summed E-state index contributed by atoms with van der Waals surface area (Å²) in [6.45, 7) is 4.76. The zero-order valence-corrected chi connectivity index (χ0v) is 16.5. The van der Waals surface area contributed by atoms with Crippen LogP contribution in [0.25, 0.3) is 0 Å². The fourth-order valence-electron chi connectivity index (χ4n) is 6.83. The van der Waals surface area contributed by atoms with Crippen molar-refractivity contribution in [2.45, 2.75) is 71.3 Å². The smallest absolute Gasteiger partial charge is 0.295 e. The zero-order chi connectivity index (χ0) is 17.8. The number of allylic oxidation sites excluding steroid dienone is 1. The van der Waals surface area contributed by atoms with Gasteiger partial charge < -0.3 is 0 Å². The van der Waals surface area contributed by atoms with Gasteiger partial charge in [-0.05, 0) is 74.2 Å². The molecule has 7 atom stereocenters. The standard InChI is InChI=1S/C20H30O4P/c1-19-10-8-14(21)12-13(19)4-5-15-16-6-7-18(24-25(22)23-3)20(16,2)11-9-17(15)19/h12,15-18H,4-11H2,1-3H3/q+1/t15-,16-,17-,18-,19-,20-/m0/s1. The van der Waals surface area contributed by atoms with E-state index in [1.807, 2.05) is 6.08 Å². The predicted molar refractivity (Wildman–Crippen MR) is 96.2 cm³/mol. The second kappa shape index (κ2) is 6.25. The minimum Gasteiger partial charge on any atom is -0.295 e. The number of hydrogen-bond acceptors (Lipinski definition) is 4. The van der Waals surface area contributed by atoms with Crippen LogP contribution in [-0.4, -0.2) is 19.0 Å². The Bertz CT molecular complexity index is 629. The van der Waals surface area contributed by atoms with Gasteiger partial charge in [0.1, 0.15) is 6.10 Å². The summed E-state index contributed by atoms with van der Waals surface area (Å²) in [6.07, 6.45) is 10.5. The Balaban J connectivity index is 1.59. The molecule has 0 spiro atoms. The minimum atomic E-state index is -2.00. The minimum absolute atomic E-state index is 0.0553. The lowest BCUT2D eigenvalue weighted by molar-refractivity contribution is -0.117. The Morgan fingerprint density at radius 1 is 1.08 bits per heavy atom. The molecule has 138 valence electrons. The van der Waals surface area contributed by atoms with Crippen LogP contribution in [0.4, 0.5) is 0 Å². The van der Waals surface area contributed by atoms with Crippen molar-refractivity contribution in [3.63, 3.8) is 0 Å². The SMILES string of the molecule is CO[P+](=O)O[C@H]1CC[C@H]2[C@@H]3CCC4=CC(=O)CC[C@]4(C)[C@H]3CC[C@]12C. The van der Waals surface area contributed by atoms with Crippen LogP contribution in [-0.2, 0) is 18.4 Å². The first-order chi connectivity index (χ1) is 11.9. The number of carbonyl (C=O) groups is 1. The second-order valence-electron chi connectivity index (χ2n) is 9.09. The Labute approximate surface area is 151 Å². The van der Waals surface area contributed by atoms with E-state index >= 15 is 0 Å². The van der Waals surface area contributed by atoms with Crippen molar-refractivity contribution in [3.8, 4) is 0 Å². The van der Waals surface area contributed by atoms with E-state index in [0.717, 1.165) is 25.7 Å². The lowest BCUT2D eigenvalue weighted by atomic mass is 9.47. The van der Waals surface area contributed by atoms with Gasteiger partial charge in [0.25, 0.3) is 0 Å². The van der Waals surface area contributed by atoms with Gasteiger partial charge in [-0.15, -0.1) is 9.05 Å². The van der Waals surface area contributed by atoms with Crippen LogP contribution in [0.5, 0.6) is 0 Å². The highest BCUT2D eigenvalue weighted by molar-refractivity contribution is 7.33. The van der Waals surface area contributed by atoms with E-state index in [9.17, 15) is 9.36 Å². The molecular weight excluding hydrogens is 335 g/mol. The van der Waals surface area contributed by atoms with Gasteiger partial charge in [0.2, 0.25) is 0 Å². The largest absolute Gasteiger partial charge is 0.697 e. The summed E-state index contributed by atoms with van der Waals surface area (Å²) in [5.74, 6) is 2.37. The van der Waals surface area contributed by atoms with Gasteiger partial charge in [0.15, 0.2) is 5.78 Å². The third-order valence-corrected chi connectivity index (χ3v) is 8.96. The predicted octanol–water partition coefficient (Wildman–Crippen LogP) is 5.21. The van der Waals surface area contributed by atoms with Gasteiger partial charge in [-0.1, -0.05) is 19.4 Å². The van der Waals surface area contributed by atoms with E-state index in [0.29, 0.717) is 30.0 Å². The molecule has 3 fully saturated rings. The first-order valence-electron chi connectivity index (χ1n) is 9.80. The van der Waals surface area contributed by atoms with E-state index < -0.39 is 8.25 Å². The maximum Gasteiger partial charge on any atom is 0.697 e. The van der Waals surface area contributed by atoms with Gasteiger partial charge in [0.05, 0.1) is 7.11 Å². The molecule has 0 bridgehead atoms. The molecule has 0 amide bonds. The Morgan fingerprint density at radius 3 is 2.64 bits per heavy atom. The molecule has 4 aliphatic carbocycles. The van der Waals surface area contributed by atoms with Crippen LogP contribution >= 0.6 is 8.25 Å². The summed E-state index contributed by atoms with van der Waals surface area (Å²) in [5, 5.41) is 0. The van der Waals surface area contributed by atoms with Crippen LogP contribution in [0.2, 0.25) is 0 Å². The summed E-state index contributed by atoms with van der Waals surface area (Å²) < 4.78 is 22.5. The monoisotopic (exact) mass is 365 g/mol. The van der Waals surface area contributed by atoms with Crippen molar-refractivity contribution in [2.75, 3.05) is 7.11 Å². The molecule has 25 heavy (non-hydrogen) atoms. The molecule has 0 radical (unpaired) electrons. The average molecular weight is 365 g/mol. The lowest BCUT2D eigenvalue weighted by Crippen LogP contribution is -2.51. The van der Waals surface area contributed by atoms with E-state index in [2.05, 4.69) is 13.8 Å². The van der Waals surface area contributed by atoms with Gasteiger partial charge >= 0.3 is 8.25 Å². The number of hydrogen-bond donors (Lipinski definition) is 0. The molecule has 0 heterocycles. The Morgan fingerprint density at radius 2 is 1.88 bits per heavy atom. The van der Waals surface area contributed by atoms with Crippen LogP contribution in [0.15, 0.2) is 11.6 Å². The van der Waals surface area contributed by atoms with Crippen molar-refractivity contribution < 1.29 is 18.4 Å². The van der Waals surface area contributed by atoms with Crippen LogP contribution in [0.3, 0.4) is 0 Å². The third-order valence-electron chi connectivity index (χ3n) is 8.24. The normalized spacial score (nSPS) is 46.8. The quantitative estimate of drug-likeness (QED) is 0.645. The fourth-order valence-corrected chi connectivity index (χ4v) is 7.47. The highest BCUT2D eigenvalue weighted by atomic mass is 31.1. The number of fused-ring (bicyclic) bond motifs is 5. The van der Waals surface area contributed by atoms with Crippen LogP contribution < -0.4 is 0 Å². The summed E-state index contributed by atoms with van der Waals surface area (Å²) in [5.41, 5.74) is 1.75. The zero-order valence-electron chi connectivity index (χ0n) is 15.6. The number of ketones is 1. The Kier molecular flexibility index (Phi) is 4.46. The van der Waals surface area contributed by atoms with Crippen molar-refractivity contribution in [2.24, 2.45) is 28.6 Å². The van der Waals surface area contributed by atoms with Gasteiger partial charge in [-0.3, -0.25) is 4.79 Å². The summed E-state index contributed by atoms with van der Waals surface area (Å²) in [6, 6.07) is 0. The van der Waals surface area contributed by atoms with Crippen LogP contribution in [0.1, 0.15) is 65.2 Å². The summed E-state index contributed by atoms with van der Waals surface area (Å²) >= 11 is 0. The summed E-state index contributed by atoms with van der Waals surface area (Å²) in [4.78, 5) is 11.9. The highest BCUT2D eigenvalue weighted by Gasteiger charge is 2.60. The van der Waals surface area contributed by atoms with E-state index in [1.54, 1.807) is 0 Å². The van der Waals surface area contributed by atoms with Crippen molar-refractivity contribution in [1.29, 1.82) is 0 Å². The molecule has 0 aromatic rings. The van der Waals surface area contributed by atoms with Crippen molar-refractivity contribution >= 4 is 14.0 Å². The van der Waals surface area contributed by atoms with E-state index in [4.69, 9.17) is 9.05 Å². The molecule has 4 nitrogen and oxygen atoms in total. The maximum absolute atomic E-state index is 11.9. The maximum atomic E-state index is 11.9. The number of carbonyl (C=O) groups excluding carboxylic acids is 1. The van der Waals surface area contributed by atoms with E-state index in [1.165, 1.54) is 31.9 Å². The molecule has 4 rings (SSSR count). The highest BCUT2D eigenvalue weighted by Crippen LogP contribution is 2.66. The van der Waals surface area contributed by atoms with Gasteiger partial charge in [0, 0.05) is 16.4 Å². The molecule has 1 unspecified atom stereocenters. The first kappa shape index (κ1) is 17.8. The average Bonchev–Trinajstić information content (AvgIpc) is 2.92. The number of rotatable bonds is 3. The van der Waals surface area contributed by atoms with Crippen molar-refractivity contribution in [3.05, 3.63) is 11.6 Å². The molecule has 3 saturated carbocycles.